The van der Waals surface area contributed by atoms with E-state index in [4.69, 9.17) is 27.2 Å². The molecule has 1 aromatic heterocycles. The Morgan fingerprint density at radius 3 is 2.94 bits per heavy atom. The number of ether oxygens (including phenoxy) is 1. The Morgan fingerprint density at radius 1 is 1.56 bits per heavy atom. The number of methoxy groups -OCH3 is 1. The normalized spacial score (nSPS) is 12.4. The first-order valence-electron chi connectivity index (χ1n) is 5.40. The lowest BCUT2D eigenvalue weighted by atomic mass is 10.2. The topological polar surface area (TPSA) is 73.3 Å². The van der Waals surface area contributed by atoms with Gasteiger partial charge in [-0.3, -0.25) is 0 Å². The number of benzene rings is 1. The second-order valence-corrected chi connectivity index (χ2v) is 4.20. The maximum absolute atomic E-state index is 9.10. The van der Waals surface area contributed by atoms with Crippen molar-refractivity contribution in [3.63, 3.8) is 0 Å². The molecule has 0 fully saturated rings. The van der Waals surface area contributed by atoms with Gasteiger partial charge in [-0.2, -0.15) is 0 Å². The summed E-state index contributed by atoms with van der Waals surface area (Å²) in [7, 11) is 1.56. The molecule has 0 aliphatic heterocycles. The van der Waals surface area contributed by atoms with E-state index in [2.05, 4.69) is 4.98 Å². The van der Waals surface area contributed by atoms with E-state index in [1.807, 2.05) is 6.07 Å². The highest BCUT2D eigenvalue weighted by atomic mass is 35.5. The van der Waals surface area contributed by atoms with Gasteiger partial charge in [-0.1, -0.05) is 11.6 Å². The first-order chi connectivity index (χ1) is 8.67. The molecule has 0 saturated carbocycles. The molecule has 0 saturated heterocycles. The Kier molecular flexibility index (Phi) is 3.86. The zero-order chi connectivity index (χ0) is 13.1. The highest BCUT2D eigenvalue weighted by Crippen LogP contribution is 2.27. The Bertz CT molecular complexity index is 542. The van der Waals surface area contributed by atoms with E-state index in [0.29, 0.717) is 10.8 Å². The molecule has 1 heterocycles. The van der Waals surface area contributed by atoms with Gasteiger partial charge in [0.05, 0.1) is 43.0 Å². The SMILES string of the molecule is COc1ccc(-n2cncc2C(N)CO)cc1Cl. The lowest BCUT2D eigenvalue weighted by molar-refractivity contribution is 0.265. The number of nitrogens with zero attached hydrogens (tertiary/aromatic N) is 2. The van der Waals surface area contributed by atoms with Crippen molar-refractivity contribution in [3.05, 3.63) is 41.4 Å². The summed E-state index contributed by atoms with van der Waals surface area (Å²) >= 11 is 6.07. The Labute approximate surface area is 110 Å². The van der Waals surface area contributed by atoms with Crippen LogP contribution in [0.15, 0.2) is 30.7 Å². The number of hydrogen-bond donors (Lipinski definition) is 2. The molecular weight excluding hydrogens is 254 g/mol. The van der Waals surface area contributed by atoms with E-state index in [1.165, 1.54) is 0 Å². The standard InChI is InChI=1S/C12H14ClN3O2/c1-18-12-3-2-8(4-9(12)13)16-7-15-5-11(16)10(14)6-17/h2-5,7,10,17H,6,14H2,1H3. The summed E-state index contributed by atoms with van der Waals surface area (Å²) in [6, 6.07) is 4.90. The fraction of sp³-hybridized carbons (Fsp3) is 0.250. The van der Waals surface area contributed by atoms with Gasteiger partial charge in [0.1, 0.15) is 5.75 Å². The molecule has 1 unspecified atom stereocenters. The molecule has 18 heavy (non-hydrogen) atoms. The molecule has 0 aliphatic carbocycles. The molecule has 1 atom stereocenters. The van der Waals surface area contributed by atoms with Gasteiger partial charge in [-0.15, -0.1) is 0 Å². The van der Waals surface area contributed by atoms with Crippen molar-refractivity contribution < 1.29 is 9.84 Å². The van der Waals surface area contributed by atoms with Gasteiger partial charge in [0.2, 0.25) is 0 Å². The van der Waals surface area contributed by atoms with E-state index < -0.39 is 6.04 Å². The van der Waals surface area contributed by atoms with E-state index in [1.54, 1.807) is 36.3 Å². The number of imidazole rings is 1. The third-order valence-electron chi connectivity index (χ3n) is 2.66. The first kappa shape index (κ1) is 12.9. The third kappa shape index (κ3) is 2.33. The quantitative estimate of drug-likeness (QED) is 0.881. The minimum Gasteiger partial charge on any atom is -0.495 e. The van der Waals surface area contributed by atoms with E-state index in [-0.39, 0.29) is 6.61 Å². The number of hydrogen-bond acceptors (Lipinski definition) is 4. The first-order valence-corrected chi connectivity index (χ1v) is 5.77. The Hall–Kier alpha value is -1.56. The summed E-state index contributed by atoms with van der Waals surface area (Å²) in [5, 5.41) is 9.61. The predicted molar refractivity (Wildman–Crippen MR) is 69.1 cm³/mol. The van der Waals surface area contributed by atoms with Crippen LogP contribution in [0.5, 0.6) is 5.75 Å². The van der Waals surface area contributed by atoms with Gasteiger partial charge >= 0.3 is 0 Å². The van der Waals surface area contributed by atoms with Gasteiger partial charge in [0, 0.05) is 5.69 Å². The molecular formula is C12H14ClN3O2. The van der Waals surface area contributed by atoms with Crippen molar-refractivity contribution in [3.8, 4) is 11.4 Å². The fourth-order valence-corrected chi connectivity index (χ4v) is 1.95. The zero-order valence-electron chi connectivity index (χ0n) is 9.88. The van der Waals surface area contributed by atoms with Crippen molar-refractivity contribution in [1.29, 1.82) is 0 Å². The van der Waals surface area contributed by atoms with Gasteiger partial charge in [0.25, 0.3) is 0 Å². The molecule has 96 valence electrons. The fourth-order valence-electron chi connectivity index (χ4n) is 1.69. The molecule has 6 heteroatoms. The molecule has 2 rings (SSSR count). The largest absolute Gasteiger partial charge is 0.495 e. The lowest BCUT2D eigenvalue weighted by Crippen LogP contribution is -2.18. The number of rotatable bonds is 4. The summed E-state index contributed by atoms with van der Waals surface area (Å²) in [5.41, 5.74) is 7.34. The number of aromatic nitrogens is 2. The minimum atomic E-state index is -0.478. The third-order valence-corrected chi connectivity index (χ3v) is 2.95. The Balaban J connectivity index is 2.43. The van der Waals surface area contributed by atoms with Crippen molar-refractivity contribution in [2.45, 2.75) is 6.04 Å². The second-order valence-electron chi connectivity index (χ2n) is 3.80. The van der Waals surface area contributed by atoms with Crippen LogP contribution in [0.25, 0.3) is 5.69 Å². The summed E-state index contributed by atoms with van der Waals surface area (Å²) in [4.78, 5) is 4.04. The number of halogens is 1. The Morgan fingerprint density at radius 2 is 2.33 bits per heavy atom. The van der Waals surface area contributed by atoms with Crippen LogP contribution in [0.3, 0.4) is 0 Å². The van der Waals surface area contributed by atoms with E-state index >= 15 is 0 Å². The maximum atomic E-state index is 9.10. The van der Waals surface area contributed by atoms with Gasteiger partial charge in [-0.05, 0) is 18.2 Å². The van der Waals surface area contributed by atoms with Gasteiger partial charge in [-0.25, -0.2) is 4.98 Å². The van der Waals surface area contributed by atoms with Crippen molar-refractivity contribution in [2.75, 3.05) is 13.7 Å². The number of aliphatic hydroxyl groups is 1. The number of nitrogens with two attached hydrogens (primary N) is 1. The molecule has 0 spiro atoms. The average molecular weight is 268 g/mol. The molecule has 5 nitrogen and oxygen atoms in total. The van der Waals surface area contributed by atoms with Crippen LogP contribution in [0.1, 0.15) is 11.7 Å². The highest BCUT2D eigenvalue weighted by molar-refractivity contribution is 6.32. The monoisotopic (exact) mass is 267 g/mol. The molecule has 0 bridgehead atoms. The number of aliphatic hydroxyl groups excluding tert-OH is 1. The van der Waals surface area contributed by atoms with Crippen LogP contribution < -0.4 is 10.5 Å². The van der Waals surface area contributed by atoms with Crippen LogP contribution in [0.4, 0.5) is 0 Å². The van der Waals surface area contributed by atoms with E-state index in [9.17, 15) is 0 Å². The average Bonchev–Trinajstić information content (AvgIpc) is 2.86. The molecule has 0 amide bonds. The van der Waals surface area contributed by atoms with Crippen LogP contribution in [-0.2, 0) is 0 Å². The highest BCUT2D eigenvalue weighted by Gasteiger charge is 2.12. The second kappa shape index (κ2) is 5.39. The van der Waals surface area contributed by atoms with Crippen molar-refractivity contribution >= 4 is 11.6 Å². The summed E-state index contributed by atoms with van der Waals surface area (Å²) < 4.78 is 6.88. The smallest absolute Gasteiger partial charge is 0.137 e. The minimum absolute atomic E-state index is 0.143. The van der Waals surface area contributed by atoms with Crippen LogP contribution in [0, 0.1) is 0 Å². The zero-order valence-corrected chi connectivity index (χ0v) is 10.6. The molecule has 2 aromatic rings. The lowest BCUT2D eigenvalue weighted by Gasteiger charge is -2.13. The summed E-state index contributed by atoms with van der Waals surface area (Å²) in [6.45, 7) is -0.143. The van der Waals surface area contributed by atoms with Crippen LogP contribution in [0.2, 0.25) is 5.02 Å². The van der Waals surface area contributed by atoms with Gasteiger partial charge in [0.15, 0.2) is 0 Å². The van der Waals surface area contributed by atoms with E-state index in [0.717, 1.165) is 11.4 Å². The van der Waals surface area contributed by atoms with Crippen LogP contribution in [-0.4, -0.2) is 28.4 Å². The molecule has 0 aliphatic rings. The summed E-state index contributed by atoms with van der Waals surface area (Å²) in [5.74, 6) is 0.605. The van der Waals surface area contributed by atoms with Crippen molar-refractivity contribution in [1.82, 2.24) is 9.55 Å². The molecule has 3 N–H and O–H groups in total. The van der Waals surface area contributed by atoms with Crippen molar-refractivity contribution in [2.24, 2.45) is 5.73 Å². The van der Waals surface area contributed by atoms with Gasteiger partial charge < -0.3 is 20.1 Å². The maximum Gasteiger partial charge on any atom is 0.137 e. The molecule has 0 radical (unpaired) electrons. The van der Waals surface area contributed by atoms with Crippen LogP contribution >= 0.6 is 11.6 Å². The summed E-state index contributed by atoms with van der Waals surface area (Å²) in [6.07, 6.45) is 3.25. The molecule has 1 aromatic carbocycles. The predicted octanol–water partition coefficient (Wildman–Crippen LogP) is 1.53.